The van der Waals surface area contributed by atoms with Crippen LogP contribution in [0.5, 0.6) is 5.75 Å². The smallest absolute Gasteiger partial charge is 0.287 e. The van der Waals surface area contributed by atoms with E-state index >= 15 is 0 Å². The topological polar surface area (TPSA) is 98.5 Å². The molecule has 0 saturated heterocycles. The number of furan rings is 1. The molecule has 32 heavy (non-hydrogen) atoms. The van der Waals surface area contributed by atoms with Crippen molar-refractivity contribution in [3.63, 3.8) is 0 Å². The Hall–Kier alpha value is -3.65. The number of sulfone groups is 1. The molecule has 0 aliphatic rings. The van der Waals surface area contributed by atoms with Gasteiger partial charge in [0, 0.05) is 18.1 Å². The van der Waals surface area contributed by atoms with Crippen molar-refractivity contribution in [3.8, 4) is 5.75 Å². The molecule has 0 aliphatic heterocycles. The Morgan fingerprint density at radius 3 is 2.53 bits per heavy atom. The first-order valence-electron chi connectivity index (χ1n) is 10.1. The van der Waals surface area contributed by atoms with Gasteiger partial charge in [0.25, 0.3) is 5.91 Å². The second-order valence-corrected chi connectivity index (χ2v) is 9.16. The summed E-state index contributed by atoms with van der Waals surface area (Å²) in [4.78, 5) is 16.7. The minimum Gasteiger partial charge on any atom is -0.494 e. The molecule has 0 atom stereocenters. The van der Waals surface area contributed by atoms with Gasteiger partial charge in [0.1, 0.15) is 5.75 Å². The Balaban J connectivity index is 1.46. The highest BCUT2D eigenvalue weighted by atomic mass is 32.2. The lowest BCUT2D eigenvalue weighted by Gasteiger charge is -2.11. The van der Waals surface area contributed by atoms with Gasteiger partial charge in [0.05, 0.1) is 22.6 Å². The van der Waals surface area contributed by atoms with Gasteiger partial charge in [-0.25, -0.2) is 8.42 Å². The summed E-state index contributed by atoms with van der Waals surface area (Å²) >= 11 is 0. The van der Waals surface area contributed by atoms with Gasteiger partial charge in [-0.2, -0.15) is 0 Å². The van der Waals surface area contributed by atoms with E-state index in [1.165, 1.54) is 12.1 Å². The molecule has 0 spiro atoms. The number of fused-ring (bicyclic) bond motifs is 1. The van der Waals surface area contributed by atoms with E-state index in [-0.39, 0.29) is 28.0 Å². The molecule has 1 N–H and O–H groups in total. The predicted octanol–water partition coefficient (Wildman–Crippen LogP) is 4.30. The van der Waals surface area contributed by atoms with Gasteiger partial charge >= 0.3 is 0 Å². The minimum atomic E-state index is -3.69. The fraction of sp³-hybridized carbons (Fsp3) is 0.167. The monoisotopic (exact) mass is 450 g/mol. The summed E-state index contributed by atoms with van der Waals surface area (Å²) in [6.45, 7) is 4.40. The van der Waals surface area contributed by atoms with Gasteiger partial charge in [-0.3, -0.25) is 9.78 Å². The van der Waals surface area contributed by atoms with E-state index in [1.807, 2.05) is 13.8 Å². The van der Waals surface area contributed by atoms with Gasteiger partial charge in [0.2, 0.25) is 9.84 Å². The van der Waals surface area contributed by atoms with E-state index in [2.05, 4.69) is 10.3 Å². The van der Waals surface area contributed by atoms with E-state index in [9.17, 15) is 13.2 Å². The fourth-order valence-electron chi connectivity index (χ4n) is 3.25. The predicted molar refractivity (Wildman–Crippen MR) is 119 cm³/mol. The Bertz CT molecular complexity index is 1340. The number of aromatic nitrogens is 1. The SMILES string of the molecule is CCOc1cc(S(=O)(=O)c2ccc(CNC(=O)c3cc4ccncc4o3)cc2)ccc1C. The molecule has 164 valence electrons. The third-order valence-corrected chi connectivity index (χ3v) is 6.77. The molecule has 0 aliphatic carbocycles. The molecule has 2 aromatic carbocycles. The molecular formula is C24H22N2O5S. The summed E-state index contributed by atoms with van der Waals surface area (Å²) in [5.74, 6) is 0.381. The van der Waals surface area contributed by atoms with Crippen LogP contribution in [-0.4, -0.2) is 25.9 Å². The number of carbonyl (C=O) groups excluding carboxylic acids is 1. The maximum absolute atomic E-state index is 13.0. The first-order chi connectivity index (χ1) is 15.4. The summed E-state index contributed by atoms with van der Waals surface area (Å²) in [6.07, 6.45) is 3.18. The lowest BCUT2D eigenvalue weighted by atomic mass is 10.2. The van der Waals surface area contributed by atoms with E-state index in [1.54, 1.807) is 54.9 Å². The summed E-state index contributed by atoms with van der Waals surface area (Å²) in [7, 11) is -3.69. The van der Waals surface area contributed by atoms with Crippen LogP contribution < -0.4 is 10.1 Å². The molecule has 0 unspecified atom stereocenters. The van der Waals surface area contributed by atoms with Crippen molar-refractivity contribution in [2.75, 3.05) is 6.61 Å². The molecule has 7 nitrogen and oxygen atoms in total. The number of hydrogen-bond acceptors (Lipinski definition) is 6. The summed E-state index contributed by atoms with van der Waals surface area (Å²) in [5.41, 5.74) is 2.17. The molecule has 2 aromatic heterocycles. The number of ether oxygens (including phenoxy) is 1. The molecule has 2 heterocycles. The van der Waals surface area contributed by atoms with Crippen LogP contribution in [0.4, 0.5) is 0 Å². The number of nitrogens with zero attached hydrogens (tertiary/aromatic N) is 1. The van der Waals surface area contributed by atoms with Crippen LogP contribution in [0, 0.1) is 6.92 Å². The summed E-state index contributed by atoms with van der Waals surface area (Å²) in [5, 5.41) is 3.57. The van der Waals surface area contributed by atoms with Crippen molar-refractivity contribution >= 4 is 26.7 Å². The number of aryl methyl sites for hydroxylation is 1. The molecule has 0 saturated carbocycles. The van der Waals surface area contributed by atoms with Crippen molar-refractivity contribution in [2.24, 2.45) is 0 Å². The molecule has 1 amide bonds. The molecular weight excluding hydrogens is 428 g/mol. The van der Waals surface area contributed by atoms with Crippen LogP contribution in [0.25, 0.3) is 11.0 Å². The van der Waals surface area contributed by atoms with Gasteiger partial charge < -0.3 is 14.5 Å². The molecule has 0 fully saturated rings. The van der Waals surface area contributed by atoms with Gasteiger partial charge in [0.15, 0.2) is 11.3 Å². The maximum atomic E-state index is 13.0. The highest BCUT2D eigenvalue weighted by Crippen LogP contribution is 2.27. The van der Waals surface area contributed by atoms with Crippen molar-refractivity contribution in [2.45, 2.75) is 30.2 Å². The zero-order valence-corrected chi connectivity index (χ0v) is 18.5. The Morgan fingerprint density at radius 1 is 1.06 bits per heavy atom. The number of nitrogens with one attached hydrogen (secondary N) is 1. The number of rotatable bonds is 7. The second-order valence-electron chi connectivity index (χ2n) is 7.21. The standard InChI is InChI=1S/C24H22N2O5S/c1-3-30-21-13-20(7-4-16(21)2)32(28,29)19-8-5-17(6-9-19)14-26-24(27)22-12-18-10-11-25-15-23(18)31-22/h4-13,15H,3,14H2,1-2H3,(H,26,27). The molecule has 8 heteroatoms. The van der Waals surface area contributed by atoms with E-state index < -0.39 is 9.84 Å². The highest BCUT2D eigenvalue weighted by molar-refractivity contribution is 7.91. The number of pyridine rings is 1. The van der Waals surface area contributed by atoms with Crippen LogP contribution >= 0.6 is 0 Å². The van der Waals surface area contributed by atoms with Gasteiger partial charge in [-0.15, -0.1) is 0 Å². The Kier molecular flexibility index (Phi) is 5.96. The van der Waals surface area contributed by atoms with E-state index in [0.717, 1.165) is 16.5 Å². The first-order valence-corrected chi connectivity index (χ1v) is 11.6. The average Bonchev–Trinajstić information content (AvgIpc) is 3.24. The zero-order chi connectivity index (χ0) is 22.7. The van der Waals surface area contributed by atoms with Gasteiger partial charge in [-0.1, -0.05) is 18.2 Å². The molecule has 0 bridgehead atoms. The lowest BCUT2D eigenvalue weighted by Crippen LogP contribution is -2.22. The minimum absolute atomic E-state index is 0.170. The van der Waals surface area contributed by atoms with Crippen LogP contribution in [0.1, 0.15) is 28.6 Å². The summed E-state index contributed by atoms with van der Waals surface area (Å²) < 4.78 is 37.0. The van der Waals surface area contributed by atoms with Crippen LogP contribution in [0.15, 0.2) is 81.2 Å². The Labute approximate surface area is 186 Å². The Morgan fingerprint density at radius 2 is 1.81 bits per heavy atom. The number of hydrogen-bond donors (Lipinski definition) is 1. The number of amides is 1. The quantitative estimate of drug-likeness (QED) is 0.451. The number of carbonyl (C=O) groups is 1. The van der Waals surface area contributed by atoms with E-state index in [4.69, 9.17) is 9.15 Å². The largest absolute Gasteiger partial charge is 0.494 e. The van der Waals surface area contributed by atoms with Crippen molar-refractivity contribution < 1.29 is 22.4 Å². The lowest BCUT2D eigenvalue weighted by molar-refractivity contribution is 0.0925. The van der Waals surface area contributed by atoms with Crippen molar-refractivity contribution in [1.82, 2.24) is 10.3 Å². The molecule has 4 rings (SSSR count). The third kappa shape index (κ3) is 4.36. The zero-order valence-electron chi connectivity index (χ0n) is 17.7. The molecule has 0 radical (unpaired) electrons. The van der Waals surface area contributed by atoms with Crippen molar-refractivity contribution in [1.29, 1.82) is 0 Å². The normalized spacial score (nSPS) is 11.4. The molecule has 4 aromatic rings. The van der Waals surface area contributed by atoms with Crippen LogP contribution in [-0.2, 0) is 16.4 Å². The van der Waals surface area contributed by atoms with Crippen LogP contribution in [0.3, 0.4) is 0 Å². The maximum Gasteiger partial charge on any atom is 0.287 e. The fourth-order valence-corrected chi connectivity index (χ4v) is 4.52. The number of benzene rings is 2. The first kappa shape index (κ1) is 21.6. The average molecular weight is 451 g/mol. The van der Waals surface area contributed by atoms with Gasteiger partial charge in [-0.05, 0) is 61.4 Å². The van der Waals surface area contributed by atoms with Crippen molar-refractivity contribution in [3.05, 3.63) is 83.9 Å². The second kappa shape index (κ2) is 8.84. The summed E-state index contributed by atoms with van der Waals surface area (Å²) in [6, 6.07) is 14.7. The van der Waals surface area contributed by atoms with E-state index in [0.29, 0.717) is 17.9 Å². The third-order valence-electron chi connectivity index (χ3n) is 5.00. The van der Waals surface area contributed by atoms with Crippen LogP contribution in [0.2, 0.25) is 0 Å². The highest BCUT2D eigenvalue weighted by Gasteiger charge is 2.19.